The monoisotopic (exact) mass is 464 g/mol. The van der Waals surface area contributed by atoms with Crippen LogP contribution in [0.5, 0.6) is 0 Å². The molecule has 8 nitrogen and oxygen atoms in total. The van der Waals surface area contributed by atoms with E-state index in [-0.39, 0.29) is 23.8 Å². The van der Waals surface area contributed by atoms with Gasteiger partial charge in [-0.05, 0) is 49.2 Å². The van der Waals surface area contributed by atoms with Crippen LogP contribution in [0.1, 0.15) is 29.6 Å². The van der Waals surface area contributed by atoms with E-state index in [0.29, 0.717) is 22.4 Å². The number of carbonyl (C=O) groups excluding carboxylic acids is 2. The minimum Gasteiger partial charge on any atom is -0.369 e. The van der Waals surface area contributed by atoms with Gasteiger partial charge in [-0.15, -0.1) is 0 Å². The first-order chi connectivity index (χ1) is 15.9. The smallest absolute Gasteiger partial charge is 0.258 e. The van der Waals surface area contributed by atoms with Gasteiger partial charge in [0.1, 0.15) is 5.02 Å². The number of halogens is 1. The van der Waals surface area contributed by atoms with Crippen molar-refractivity contribution in [3.8, 4) is 0 Å². The molecule has 0 aliphatic heterocycles. The topological polar surface area (TPSA) is 113 Å². The van der Waals surface area contributed by atoms with Crippen LogP contribution in [-0.2, 0) is 4.79 Å². The molecule has 1 fully saturated rings. The zero-order chi connectivity index (χ0) is 23.4. The summed E-state index contributed by atoms with van der Waals surface area (Å²) in [5, 5.41) is 6.73. The van der Waals surface area contributed by atoms with Crippen LogP contribution in [0.4, 0.5) is 23.1 Å². The molecule has 4 N–H and O–H groups in total. The third-order valence-electron chi connectivity index (χ3n) is 5.78. The van der Waals surface area contributed by atoms with Gasteiger partial charge in [-0.25, -0.2) is 4.98 Å². The lowest BCUT2D eigenvalue weighted by Crippen LogP contribution is -2.34. The second kappa shape index (κ2) is 9.87. The van der Waals surface area contributed by atoms with Crippen molar-refractivity contribution in [2.45, 2.75) is 25.3 Å². The van der Waals surface area contributed by atoms with Gasteiger partial charge >= 0.3 is 0 Å². The molecule has 9 heteroatoms. The summed E-state index contributed by atoms with van der Waals surface area (Å²) in [5.41, 5.74) is 7.61. The number of nitrogens with two attached hydrogens (primary N) is 1. The molecule has 1 aromatic heterocycles. The Kier molecular flexibility index (Phi) is 6.74. The van der Waals surface area contributed by atoms with Gasteiger partial charge in [0.05, 0.1) is 12.1 Å². The number of nitrogens with one attached hydrogen (secondary N) is 2. The van der Waals surface area contributed by atoms with Gasteiger partial charge in [-0.2, -0.15) is 4.98 Å². The lowest BCUT2D eigenvalue weighted by molar-refractivity contribution is -0.121. The molecule has 0 bridgehead atoms. The second-order valence-corrected chi connectivity index (χ2v) is 8.39. The van der Waals surface area contributed by atoms with Crippen LogP contribution in [0.2, 0.25) is 5.02 Å². The molecule has 1 saturated carbocycles. The van der Waals surface area contributed by atoms with E-state index in [2.05, 4.69) is 20.6 Å². The molecule has 33 heavy (non-hydrogen) atoms. The van der Waals surface area contributed by atoms with E-state index in [1.807, 2.05) is 30.3 Å². The molecular weight excluding hydrogens is 440 g/mol. The van der Waals surface area contributed by atoms with Gasteiger partial charge in [0.25, 0.3) is 5.91 Å². The molecule has 2 atom stereocenters. The Labute approximate surface area is 197 Å². The van der Waals surface area contributed by atoms with Gasteiger partial charge in [-0.1, -0.05) is 36.2 Å². The van der Waals surface area contributed by atoms with Crippen molar-refractivity contribution in [2.75, 3.05) is 22.6 Å². The molecule has 170 valence electrons. The third kappa shape index (κ3) is 5.23. The number of primary amides is 1. The number of rotatable bonds is 7. The van der Waals surface area contributed by atoms with Crippen molar-refractivity contribution < 1.29 is 9.59 Å². The Balaban J connectivity index is 1.44. The Morgan fingerprint density at radius 2 is 1.82 bits per heavy atom. The van der Waals surface area contributed by atoms with Crippen LogP contribution < -0.4 is 21.3 Å². The summed E-state index contributed by atoms with van der Waals surface area (Å²) in [6, 6.07) is 16.4. The zero-order valence-electron chi connectivity index (χ0n) is 18.2. The van der Waals surface area contributed by atoms with Crippen LogP contribution in [-0.4, -0.2) is 34.9 Å². The van der Waals surface area contributed by atoms with Gasteiger partial charge < -0.3 is 21.3 Å². The highest BCUT2D eigenvalue weighted by Crippen LogP contribution is 2.30. The summed E-state index contributed by atoms with van der Waals surface area (Å²) in [7, 11) is 1.74. The van der Waals surface area contributed by atoms with E-state index in [1.54, 1.807) is 36.2 Å². The number of para-hydroxylation sites is 1. The normalized spacial score (nSPS) is 17.4. The highest BCUT2D eigenvalue weighted by atomic mass is 35.5. The van der Waals surface area contributed by atoms with E-state index in [0.717, 1.165) is 30.6 Å². The van der Waals surface area contributed by atoms with E-state index in [4.69, 9.17) is 17.3 Å². The number of nitrogens with zero attached hydrogens (tertiary/aromatic N) is 3. The first-order valence-corrected chi connectivity index (χ1v) is 11.1. The number of aromatic nitrogens is 2. The average molecular weight is 465 g/mol. The van der Waals surface area contributed by atoms with Crippen molar-refractivity contribution in [2.24, 2.45) is 11.7 Å². The van der Waals surface area contributed by atoms with E-state index in [9.17, 15) is 9.59 Å². The number of carbonyl (C=O) groups is 2. The third-order valence-corrected chi connectivity index (χ3v) is 6.06. The van der Waals surface area contributed by atoms with Crippen molar-refractivity contribution in [3.63, 3.8) is 0 Å². The zero-order valence-corrected chi connectivity index (χ0v) is 18.9. The maximum absolute atomic E-state index is 12.8. The molecule has 2 aromatic carbocycles. The predicted octanol–water partition coefficient (Wildman–Crippen LogP) is 4.22. The molecule has 0 radical (unpaired) electrons. The van der Waals surface area contributed by atoms with E-state index in [1.165, 1.54) is 6.20 Å². The molecule has 0 unspecified atom stereocenters. The molecule has 0 spiro atoms. The van der Waals surface area contributed by atoms with Crippen molar-refractivity contribution in [1.82, 2.24) is 9.97 Å². The maximum Gasteiger partial charge on any atom is 0.258 e. The molecule has 2 amide bonds. The van der Waals surface area contributed by atoms with Gasteiger partial charge in [0.2, 0.25) is 11.9 Å². The minimum absolute atomic E-state index is 0.102. The van der Waals surface area contributed by atoms with Crippen LogP contribution >= 0.6 is 11.6 Å². The van der Waals surface area contributed by atoms with Crippen molar-refractivity contribution in [3.05, 3.63) is 71.4 Å². The first kappa shape index (κ1) is 22.5. The van der Waals surface area contributed by atoms with Crippen LogP contribution in [0.25, 0.3) is 0 Å². The number of amides is 2. The summed E-state index contributed by atoms with van der Waals surface area (Å²) in [5.74, 6) is 0.120. The summed E-state index contributed by atoms with van der Waals surface area (Å²) in [6.45, 7) is 0. The first-order valence-electron chi connectivity index (χ1n) is 10.7. The van der Waals surface area contributed by atoms with E-state index >= 15 is 0 Å². The standard InChI is InChI=1S/C24H25ClN6O2/c1-31(17-6-3-2-4-7-17)23(33)15-10-12-16(13-11-15)28-24-27-14-19(25)22(30-24)29-20-9-5-8-18(20)21(26)32/h2-4,6-7,10-14,18,20H,5,8-9H2,1H3,(H2,26,32)(H2,27,28,29,30)/t18-,20+/m0/s1. The molecule has 1 heterocycles. The number of hydrogen-bond acceptors (Lipinski definition) is 6. The Bertz CT molecular complexity index is 1140. The lowest BCUT2D eigenvalue weighted by atomic mass is 10.0. The average Bonchev–Trinajstić information content (AvgIpc) is 3.30. The Hall–Kier alpha value is -3.65. The fourth-order valence-corrected chi connectivity index (χ4v) is 4.11. The Morgan fingerprint density at radius 3 is 2.52 bits per heavy atom. The van der Waals surface area contributed by atoms with Gasteiger partial charge in [-0.3, -0.25) is 9.59 Å². The molecule has 3 aromatic rings. The molecule has 0 saturated heterocycles. The number of anilines is 4. The number of hydrogen-bond donors (Lipinski definition) is 3. The predicted molar refractivity (Wildman–Crippen MR) is 130 cm³/mol. The molecular formula is C24H25ClN6O2. The highest BCUT2D eigenvalue weighted by Gasteiger charge is 2.32. The SMILES string of the molecule is CN(C(=O)c1ccc(Nc2ncc(Cl)c(N[C@@H]3CCC[C@@H]3C(N)=O)n2)cc1)c1ccccc1. The molecule has 1 aliphatic rings. The van der Waals surface area contributed by atoms with Crippen LogP contribution in [0.15, 0.2) is 60.8 Å². The molecule has 4 rings (SSSR count). The molecule has 1 aliphatic carbocycles. The minimum atomic E-state index is -0.318. The van der Waals surface area contributed by atoms with Crippen LogP contribution in [0.3, 0.4) is 0 Å². The lowest BCUT2D eigenvalue weighted by Gasteiger charge is -2.20. The summed E-state index contributed by atoms with van der Waals surface area (Å²) in [6.07, 6.45) is 4.00. The van der Waals surface area contributed by atoms with E-state index < -0.39 is 0 Å². The Morgan fingerprint density at radius 1 is 1.09 bits per heavy atom. The van der Waals surface area contributed by atoms with Gasteiger partial charge in [0, 0.05) is 30.0 Å². The summed E-state index contributed by atoms with van der Waals surface area (Å²) < 4.78 is 0. The quantitative estimate of drug-likeness (QED) is 0.482. The fraction of sp³-hybridized carbons (Fsp3) is 0.250. The highest BCUT2D eigenvalue weighted by molar-refractivity contribution is 6.32. The fourth-order valence-electron chi connectivity index (χ4n) is 3.97. The summed E-state index contributed by atoms with van der Waals surface area (Å²) in [4.78, 5) is 34.7. The van der Waals surface area contributed by atoms with Crippen molar-refractivity contribution >= 4 is 46.6 Å². The maximum atomic E-state index is 12.8. The van der Waals surface area contributed by atoms with Crippen LogP contribution in [0, 0.1) is 5.92 Å². The summed E-state index contributed by atoms with van der Waals surface area (Å²) >= 11 is 6.27. The second-order valence-electron chi connectivity index (χ2n) is 7.98. The van der Waals surface area contributed by atoms with Crippen molar-refractivity contribution in [1.29, 1.82) is 0 Å². The van der Waals surface area contributed by atoms with Gasteiger partial charge in [0.15, 0.2) is 5.82 Å². The number of benzene rings is 2. The largest absolute Gasteiger partial charge is 0.369 e.